The lowest BCUT2D eigenvalue weighted by Crippen LogP contribution is -2.20. The van der Waals surface area contributed by atoms with E-state index in [4.69, 9.17) is 0 Å². The van der Waals surface area contributed by atoms with Gasteiger partial charge in [-0.1, -0.05) is 35.9 Å². The topological polar surface area (TPSA) is 98.5 Å². The number of carbonyl (C=O) groups excluding carboxylic acids is 1. The third-order valence-corrected chi connectivity index (χ3v) is 4.24. The second-order valence-electron chi connectivity index (χ2n) is 5.51. The number of amides is 1. The molecule has 4 aromatic rings. The van der Waals surface area contributed by atoms with Gasteiger partial charge in [0.15, 0.2) is 5.82 Å². The summed E-state index contributed by atoms with van der Waals surface area (Å²) in [6, 6.07) is 13.3. The minimum Gasteiger partial charge on any atom is -0.322 e. The van der Waals surface area contributed by atoms with Crippen molar-refractivity contribution in [1.29, 1.82) is 0 Å². The molecule has 0 atom stereocenters. The number of benzene rings is 2. The number of tetrazole rings is 1. The minimum atomic E-state index is -0.235. The highest BCUT2D eigenvalue weighted by Crippen LogP contribution is 2.21. The molecule has 4 rings (SSSR count). The van der Waals surface area contributed by atoms with Crippen molar-refractivity contribution in [3.05, 3.63) is 48.0 Å². The van der Waals surface area contributed by atoms with Gasteiger partial charge >= 0.3 is 0 Å². The fourth-order valence-electron chi connectivity index (χ4n) is 2.45. The molecule has 124 valence electrons. The van der Waals surface area contributed by atoms with Crippen LogP contribution in [0.4, 0.5) is 5.69 Å². The average molecular weight is 351 g/mol. The highest BCUT2D eigenvalue weighted by atomic mass is 32.1. The van der Waals surface area contributed by atoms with Crippen LogP contribution in [0.25, 0.3) is 22.4 Å². The molecule has 0 saturated heterocycles. The van der Waals surface area contributed by atoms with Gasteiger partial charge in [0.2, 0.25) is 5.91 Å². The Hall–Kier alpha value is -3.20. The van der Waals surface area contributed by atoms with E-state index >= 15 is 0 Å². The molecule has 0 bridgehead atoms. The smallest absolute Gasteiger partial charge is 0.246 e. The first-order valence-corrected chi connectivity index (χ1v) is 8.28. The van der Waals surface area contributed by atoms with Crippen molar-refractivity contribution < 1.29 is 4.79 Å². The third kappa shape index (κ3) is 3.09. The number of nitrogens with one attached hydrogen (secondary N) is 1. The van der Waals surface area contributed by atoms with Crippen LogP contribution in [0, 0.1) is 6.92 Å². The van der Waals surface area contributed by atoms with Gasteiger partial charge in [0.25, 0.3) is 0 Å². The molecule has 2 aromatic carbocycles. The van der Waals surface area contributed by atoms with Gasteiger partial charge in [0.1, 0.15) is 17.6 Å². The second-order valence-corrected chi connectivity index (χ2v) is 6.04. The summed E-state index contributed by atoms with van der Waals surface area (Å²) in [5, 5.41) is 14.5. The maximum Gasteiger partial charge on any atom is 0.246 e. The highest BCUT2D eigenvalue weighted by molar-refractivity contribution is 7.00. The number of fused-ring (bicyclic) bond motifs is 1. The Labute approximate surface area is 146 Å². The van der Waals surface area contributed by atoms with E-state index in [-0.39, 0.29) is 12.5 Å². The third-order valence-electron chi connectivity index (χ3n) is 3.70. The summed E-state index contributed by atoms with van der Waals surface area (Å²) in [7, 11) is 0. The van der Waals surface area contributed by atoms with Crippen LogP contribution >= 0.6 is 11.7 Å². The zero-order valence-corrected chi connectivity index (χ0v) is 14.1. The van der Waals surface area contributed by atoms with Crippen LogP contribution in [0.15, 0.2) is 42.5 Å². The van der Waals surface area contributed by atoms with Crippen molar-refractivity contribution in [2.24, 2.45) is 0 Å². The maximum absolute atomic E-state index is 12.4. The number of carbonyl (C=O) groups is 1. The van der Waals surface area contributed by atoms with Crippen LogP contribution in [-0.2, 0) is 11.3 Å². The number of aromatic nitrogens is 6. The summed E-state index contributed by atoms with van der Waals surface area (Å²) in [5.74, 6) is 0.310. The molecule has 2 aromatic heterocycles. The molecule has 0 radical (unpaired) electrons. The molecule has 0 saturated carbocycles. The van der Waals surface area contributed by atoms with E-state index in [9.17, 15) is 4.79 Å². The first-order chi connectivity index (χ1) is 12.2. The van der Waals surface area contributed by atoms with Gasteiger partial charge in [-0.05, 0) is 29.5 Å². The standard InChI is InChI=1S/C16H13N7OS/c1-10-5-7-11(8-6-10)16-18-21-22-23(16)9-14(24)17-12-3-2-4-13-15(12)20-25-19-13/h2-8H,9H2,1H3,(H,17,24). The Morgan fingerprint density at radius 2 is 2.00 bits per heavy atom. The van der Waals surface area contributed by atoms with Crippen molar-refractivity contribution >= 4 is 34.4 Å². The molecule has 0 aliphatic carbocycles. The first-order valence-electron chi connectivity index (χ1n) is 7.55. The van der Waals surface area contributed by atoms with Gasteiger partial charge in [0.05, 0.1) is 17.4 Å². The molecular weight excluding hydrogens is 338 g/mol. The molecule has 0 aliphatic heterocycles. The van der Waals surface area contributed by atoms with Gasteiger partial charge in [0, 0.05) is 5.56 Å². The van der Waals surface area contributed by atoms with E-state index in [0.717, 1.165) is 28.4 Å². The van der Waals surface area contributed by atoms with Gasteiger partial charge in [-0.15, -0.1) is 5.10 Å². The molecule has 2 heterocycles. The van der Waals surface area contributed by atoms with E-state index in [2.05, 4.69) is 29.6 Å². The van der Waals surface area contributed by atoms with Crippen molar-refractivity contribution in [2.45, 2.75) is 13.5 Å². The number of nitrogens with zero attached hydrogens (tertiary/aromatic N) is 6. The summed E-state index contributed by atoms with van der Waals surface area (Å²) in [5.41, 5.74) is 4.06. The van der Waals surface area contributed by atoms with E-state index in [1.165, 1.54) is 4.68 Å². The number of aryl methyl sites for hydroxylation is 1. The predicted octanol–water partition coefficient (Wildman–Crippen LogP) is 2.29. The van der Waals surface area contributed by atoms with Crippen molar-refractivity contribution in [3.63, 3.8) is 0 Å². The number of hydrogen-bond acceptors (Lipinski definition) is 7. The van der Waals surface area contributed by atoms with Crippen molar-refractivity contribution in [3.8, 4) is 11.4 Å². The monoisotopic (exact) mass is 351 g/mol. The Morgan fingerprint density at radius 1 is 1.16 bits per heavy atom. The molecule has 1 amide bonds. The largest absolute Gasteiger partial charge is 0.322 e. The first kappa shape index (κ1) is 15.3. The molecular formula is C16H13N7OS. The molecule has 0 unspecified atom stereocenters. The van der Waals surface area contributed by atoms with Crippen molar-refractivity contribution in [1.82, 2.24) is 29.0 Å². The summed E-state index contributed by atoms with van der Waals surface area (Å²) in [4.78, 5) is 12.4. The lowest BCUT2D eigenvalue weighted by atomic mass is 10.1. The highest BCUT2D eigenvalue weighted by Gasteiger charge is 2.14. The molecule has 8 nitrogen and oxygen atoms in total. The molecule has 0 aliphatic rings. The van der Waals surface area contributed by atoms with Crippen molar-refractivity contribution in [2.75, 3.05) is 5.32 Å². The zero-order valence-electron chi connectivity index (χ0n) is 13.2. The van der Waals surface area contributed by atoms with Crippen LogP contribution in [0.3, 0.4) is 0 Å². The molecule has 25 heavy (non-hydrogen) atoms. The van der Waals surface area contributed by atoms with Crippen LogP contribution < -0.4 is 5.32 Å². The van der Waals surface area contributed by atoms with Gasteiger partial charge in [-0.3, -0.25) is 4.79 Å². The minimum absolute atomic E-state index is 0.00413. The fourth-order valence-corrected chi connectivity index (χ4v) is 3.00. The Morgan fingerprint density at radius 3 is 2.84 bits per heavy atom. The predicted molar refractivity (Wildman–Crippen MR) is 94.0 cm³/mol. The maximum atomic E-state index is 12.4. The van der Waals surface area contributed by atoms with E-state index in [1.807, 2.05) is 43.3 Å². The average Bonchev–Trinajstić information content (AvgIpc) is 3.25. The Bertz CT molecular complexity index is 1040. The summed E-state index contributed by atoms with van der Waals surface area (Å²) in [6.45, 7) is 2.01. The molecule has 0 fully saturated rings. The zero-order chi connectivity index (χ0) is 17.2. The van der Waals surface area contributed by atoms with E-state index in [0.29, 0.717) is 17.0 Å². The molecule has 9 heteroatoms. The number of anilines is 1. The Kier molecular flexibility index (Phi) is 3.90. The normalized spacial score (nSPS) is 10.9. The van der Waals surface area contributed by atoms with Gasteiger partial charge < -0.3 is 5.32 Å². The summed E-state index contributed by atoms with van der Waals surface area (Å²) in [6.07, 6.45) is 0. The Balaban J connectivity index is 1.55. The molecule has 1 N–H and O–H groups in total. The summed E-state index contributed by atoms with van der Waals surface area (Å²) < 4.78 is 9.85. The summed E-state index contributed by atoms with van der Waals surface area (Å²) >= 11 is 1.11. The number of rotatable bonds is 4. The molecule has 0 spiro atoms. The number of hydrogen-bond donors (Lipinski definition) is 1. The second kappa shape index (κ2) is 6.36. The van der Waals surface area contributed by atoms with Crippen LogP contribution in [-0.4, -0.2) is 34.9 Å². The van der Waals surface area contributed by atoms with Gasteiger partial charge in [-0.2, -0.15) is 8.75 Å². The SMILES string of the molecule is Cc1ccc(-c2nnnn2CC(=O)Nc2cccc3nsnc23)cc1. The van der Waals surface area contributed by atoms with Crippen LogP contribution in [0.2, 0.25) is 0 Å². The van der Waals surface area contributed by atoms with Gasteiger partial charge in [-0.25, -0.2) is 4.68 Å². The van der Waals surface area contributed by atoms with Crippen LogP contribution in [0.5, 0.6) is 0 Å². The van der Waals surface area contributed by atoms with E-state index in [1.54, 1.807) is 6.07 Å². The quantitative estimate of drug-likeness (QED) is 0.606. The fraction of sp³-hybridized carbons (Fsp3) is 0.125. The van der Waals surface area contributed by atoms with E-state index < -0.39 is 0 Å². The lowest BCUT2D eigenvalue weighted by molar-refractivity contribution is -0.116. The van der Waals surface area contributed by atoms with Crippen LogP contribution in [0.1, 0.15) is 5.56 Å². The lowest BCUT2D eigenvalue weighted by Gasteiger charge is -2.07.